The van der Waals surface area contributed by atoms with Crippen molar-refractivity contribution in [3.05, 3.63) is 52.1 Å². The van der Waals surface area contributed by atoms with E-state index in [9.17, 15) is 18.5 Å². The third-order valence-electron chi connectivity index (χ3n) is 9.67. The van der Waals surface area contributed by atoms with E-state index in [1.165, 1.54) is 5.56 Å². The van der Waals surface area contributed by atoms with Gasteiger partial charge in [0.05, 0.1) is 12.9 Å². The molecule has 1 N–H and O–H groups in total. The summed E-state index contributed by atoms with van der Waals surface area (Å²) in [6.45, 7) is 3.58. The van der Waals surface area contributed by atoms with Crippen molar-refractivity contribution >= 4 is 32.9 Å². The summed E-state index contributed by atoms with van der Waals surface area (Å²) >= 11 is 0. The number of anilines is 2. The smallest absolute Gasteiger partial charge is 0.270 e. The summed E-state index contributed by atoms with van der Waals surface area (Å²) in [6.07, 6.45) is 15.2. The number of hydrogen-bond donors (Lipinski definition) is 1. The number of piperidine rings is 1. The van der Waals surface area contributed by atoms with Gasteiger partial charge in [0.25, 0.3) is 15.7 Å². The van der Waals surface area contributed by atoms with Crippen molar-refractivity contribution in [3.63, 3.8) is 0 Å². The van der Waals surface area contributed by atoms with Crippen LogP contribution in [0.25, 0.3) is 11.0 Å². The Balaban J connectivity index is 1.03. The zero-order valence-corrected chi connectivity index (χ0v) is 26.1. The number of likely N-dealkylation sites (tertiary alicyclic amines) is 1. The average molecular weight is 620 g/mol. The van der Waals surface area contributed by atoms with Gasteiger partial charge in [-0.15, -0.1) is 0 Å². The fourth-order valence-electron chi connectivity index (χ4n) is 7.21. The summed E-state index contributed by atoms with van der Waals surface area (Å²) < 4.78 is 29.3. The van der Waals surface area contributed by atoms with Gasteiger partial charge >= 0.3 is 0 Å². The molecule has 3 fully saturated rings. The second-order valence-corrected chi connectivity index (χ2v) is 14.5. The van der Waals surface area contributed by atoms with Crippen molar-refractivity contribution in [3.8, 4) is 6.07 Å². The average Bonchev–Trinajstić information content (AvgIpc) is 3.55. The summed E-state index contributed by atoms with van der Waals surface area (Å²) in [7, 11) is -3.36. The SMILES string of the molecule is CS(=O)(=O)OCC1CCC(CN2CCC(c3ccc(Nc4ncc5cc(C#N)c(=O)n(C6CCCC6)c5n4)nc3)CC2)CC1. The Labute approximate surface area is 258 Å². The molecule has 3 aliphatic rings. The molecule has 0 aromatic carbocycles. The van der Waals surface area contributed by atoms with Crippen LogP contribution in [0.2, 0.25) is 0 Å². The minimum atomic E-state index is -3.36. The van der Waals surface area contributed by atoms with Crippen molar-refractivity contribution < 1.29 is 12.6 Å². The number of pyridine rings is 2. The lowest BCUT2D eigenvalue weighted by molar-refractivity contribution is 0.135. The maximum atomic E-state index is 13.1. The van der Waals surface area contributed by atoms with E-state index in [4.69, 9.17) is 9.17 Å². The molecule has 2 aliphatic carbocycles. The van der Waals surface area contributed by atoms with Crippen molar-refractivity contribution in [1.82, 2.24) is 24.4 Å². The van der Waals surface area contributed by atoms with E-state index in [1.807, 2.05) is 18.3 Å². The van der Waals surface area contributed by atoms with E-state index in [1.54, 1.807) is 16.8 Å². The first-order valence-corrected chi connectivity index (χ1v) is 17.7. The molecule has 1 saturated heterocycles. The van der Waals surface area contributed by atoms with Gasteiger partial charge in [0, 0.05) is 30.4 Å². The van der Waals surface area contributed by atoms with Gasteiger partial charge in [-0.2, -0.15) is 18.7 Å². The van der Waals surface area contributed by atoms with E-state index < -0.39 is 10.1 Å². The minimum absolute atomic E-state index is 0.0497. The number of nitrogens with zero attached hydrogens (tertiary/aromatic N) is 6. The number of fused-ring (bicyclic) bond motifs is 1. The second-order valence-electron chi connectivity index (χ2n) is 12.8. The molecular weight excluding hydrogens is 578 g/mol. The molecule has 0 spiro atoms. The number of hydrogen-bond acceptors (Lipinski definition) is 10. The molecular formula is C32H41N7O4S. The van der Waals surface area contributed by atoms with Crippen molar-refractivity contribution in [2.75, 3.05) is 37.8 Å². The van der Waals surface area contributed by atoms with Crippen LogP contribution in [0.3, 0.4) is 0 Å². The number of nitrogens with one attached hydrogen (secondary N) is 1. The summed E-state index contributed by atoms with van der Waals surface area (Å²) in [4.78, 5) is 29.4. The lowest BCUT2D eigenvalue weighted by Crippen LogP contribution is -2.37. The maximum absolute atomic E-state index is 13.1. The molecule has 4 heterocycles. The zero-order chi connectivity index (χ0) is 30.7. The lowest BCUT2D eigenvalue weighted by atomic mass is 9.81. The molecule has 0 unspecified atom stereocenters. The van der Waals surface area contributed by atoms with Gasteiger partial charge in [0.15, 0.2) is 0 Å². The number of rotatable bonds is 9. The van der Waals surface area contributed by atoms with Crippen LogP contribution >= 0.6 is 0 Å². The molecule has 3 aromatic rings. The fraction of sp³-hybridized carbons (Fsp3) is 0.594. The van der Waals surface area contributed by atoms with Gasteiger partial charge < -0.3 is 10.2 Å². The van der Waals surface area contributed by atoms with E-state index in [-0.39, 0.29) is 17.2 Å². The topological polar surface area (TPSA) is 143 Å². The summed E-state index contributed by atoms with van der Waals surface area (Å²) in [5.74, 6) is 2.52. The Bertz CT molecular complexity index is 1660. The molecule has 0 bridgehead atoms. The van der Waals surface area contributed by atoms with Crippen LogP contribution in [0, 0.1) is 23.2 Å². The largest absolute Gasteiger partial charge is 0.309 e. The van der Waals surface area contributed by atoms with Crippen molar-refractivity contribution in [2.45, 2.75) is 76.2 Å². The molecule has 3 aromatic heterocycles. The van der Waals surface area contributed by atoms with Crippen molar-refractivity contribution in [2.24, 2.45) is 11.8 Å². The van der Waals surface area contributed by atoms with Crippen LogP contribution in [0.1, 0.15) is 87.3 Å². The van der Waals surface area contributed by atoms with Gasteiger partial charge in [0.1, 0.15) is 23.1 Å². The van der Waals surface area contributed by atoms with Crippen LogP contribution < -0.4 is 10.9 Å². The fourth-order valence-corrected chi connectivity index (χ4v) is 7.65. The lowest BCUT2D eigenvalue weighted by Gasteiger charge is -2.36. The van der Waals surface area contributed by atoms with Gasteiger partial charge in [-0.25, -0.2) is 9.97 Å². The molecule has 0 radical (unpaired) electrons. The van der Waals surface area contributed by atoms with Crippen molar-refractivity contribution in [1.29, 1.82) is 5.26 Å². The highest BCUT2D eigenvalue weighted by atomic mass is 32.2. The molecule has 6 rings (SSSR count). The second kappa shape index (κ2) is 13.3. The zero-order valence-electron chi connectivity index (χ0n) is 25.3. The van der Waals surface area contributed by atoms with Crippen LogP contribution in [0.15, 0.2) is 35.4 Å². The summed E-state index contributed by atoms with van der Waals surface area (Å²) in [5, 5.41) is 13.4. The molecule has 11 nitrogen and oxygen atoms in total. The Morgan fingerprint density at radius 2 is 1.73 bits per heavy atom. The van der Waals surface area contributed by atoms with E-state index >= 15 is 0 Å². The predicted octanol–water partition coefficient (Wildman–Crippen LogP) is 4.88. The highest BCUT2D eigenvalue weighted by Gasteiger charge is 2.27. The van der Waals surface area contributed by atoms with Gasteiger partial charge in [0.2, 0.25) is 5.95 Å². The minimum Gasteiger partial charge on any atom is -0.309 e. The Kier molecular flexibility index (Phi) is 9.26. The molecule has 1 aliphatic heterocycles. The monoisotopic (exact) mass is 619 g/mol. The normalized spacial score (nSPS) is 22.3. The van der Waals surface area contributed by atoms with Crippen LogP contribution in [0.4, 0.5) is 11.8 Å². The predicted molar refractivity (Wildman–Crippen MR) is 168 cm³/mol. The standard InChI is InChI=1S/C32H41N7O4S/c1-44(41,42)43-21-23-8-6-22(7-9-23)20-38-14-12-24(13-15-38)25-10-11-29(34-18-25)36-32-35-19-27-16-26(17-33)31(40)39(30(27)37-32)28-4-2-3-5-28/h10-11,16,18-19,22-24,28H,2-9,12-15,20-21H2,1H3,(H,34,35,36,37). The third kappa shape index (κ3) is 7.28. The molecule has 0 atom stereocenters. The highest BCUT2D eigenvalue weighted by Crippen LogP contribution is 2.33. The maximum Gasteiger partial charge on any atom is 0.270 e. The summed E-state index contributed by atoms with van der Waals surface area (Å²) in [6, 6.07) is 7.75. The van der Waals surface area contributed by atoms with Gasteiger partial charge in [-0.05, 0) is 99.9 Å². The number of aromatic nitrogens is 4. The van der Waals surface area contributed by atoms with Crippen LogP contribution in [-0.4, -0.2) is 65.3 Å². The van der Waals surface area contributed by atoms with E-state index in [0.717, 1.165) is 90.1 Å². The van der Waals surface area contributed by atoms with E-state index in [2.05, 4.69) is 26.3 Å². The molecule has 2 saturated carbocycles. The molecule has 0 amide bonds. The van der Waals surface area contributed by atoms with Crippen LogP contribution in [0.5, 0.6) is 0 Å². The Morgan fingerprint density at radius 3 is 2.39 bits per heavy atom. The Morgan fingerprint density at radius 1 is 1.00 bits per heavy atom. The first-order valence-electron chi connectivity index (χ1n) is 15.9. The third-order valence-corrected chi connectivity index (χ3v) is 10.2. The molecule has 234 valence electrons. The van der Waals surface area contributed by atoms with E-state index in [0.29, 0.717) is 47.2 Å². The highest BCUT2D eigenvalue weighted by molar-refractivity contribution is 7.85. The van der Waals surface area contributed by atoms with Crippen LogP contribution in [-0.2, 0) is 14.3 Å². The first-order chi connectivity index (χ1) is 21.3. The quantitative estimate of drug-likeness (QED) is 0.329. The Hall–Kier alpha value is -3.40. The first kappa shape index (κ1) is 30.6. The molecule has 12 heteroatoms. The number of nitriles is 1. The van der Waals surface area contributed by atoms with Gasteiger partial charge in [-0.1, -0.05) is 18.9 Å². The van der Waals surface area contributed by atoms with Gasteiger partial charge in [-0.3, -0.25) is 13.5 Å². The summed E-state index contributed by atoms with van der Waals surface area (Å²) in [5.41, 5.74) is 1.63. The molecule has 44 heavy (non-hydrogen) atoms.